The van der Waals surface area contributed by atoms with E-state index in [-0.39, 0.29) is 5.34 Å². The van der Waals surface area contributed by atoms with Crippen molar-refractivity contribution in [2.24, 2.45) is 0 Å². The molecule has 58 valence electrons. The van der Waals surface area contributed by atoms with Crippen molar-refractivity contribution < 1.29 is 18.3 Å². The molecule has 0 amide bonds. The number of halogens is 5. The highest BCUT2D eigenvalue weighted by Gasteiger charge is 2.22. The molecule has 1 nitrogen and oxygen atoms in total. The zero-order valence-electron chi connectivity index (χ0n) is 4.25. The predicted octanol–water partition coefficient (Wildman–Crippen LogP) is 1.96. The molecule has 0 aliphatic carbocycles. The van der Waals surface area contributed by atoms with E-state index >= 15 is 0 Å². The normalized spacial score (nSPS) is 10.0. The molecule has 0 aliphatic rings. The second-order valence-corrected chi connectivity index (χ2v) is 1.71. The Bertz CT molecular complexity index is 55.5. The molecule has 9 heavy (non-hydrogen) atoms. The molecule has 0 aromatic heterocycles. The van der Waals surface area contributed by atoms with E-state index in [0.29, 0.717) is 0 Å². The Morgan fingerprint density at radius 2 is 1.44 bits per heavy atom. The SMILES string of the molecule is ClCCl.OC(F)(F)CF. The van der Waals surface area contributed by atoms with E-state index < -0.39 is 12.8 Å². The number of hydrogen-bond acceptors (Lipinski definition) is 1. The molecule has 0 aromatic carbocycles. The van der Waals surface area contributed by atoms with Gasteiger partial charge in [0.05, 0.1) is 5.34 Å². The molecule has 0 atom stereocenters. The summed E-state index contributed by atoms with van der Waals surface area (Å²) in [7, 11) is 0. The molecule has 0 unspecified atom stereocenters. The van der Waals surface area contributed by atoms with Crippen LogP contribution in [-0.4, -0.2) is 23.2 Å². The highest BCUT2D eigenvalue weighted by Crippen LogP contribution is 2.06. The van der Waals surface area contributed by atoms with Crippen LogP contribution in [0.3, 0.4) is 0 Å². The van der Waals surface area contributed by atoms with Crippen molar-refractivity contribution in [2.45, 2.75) is 6.11 Å². The lowest BCUT2D eigenvalue weighted by Crippen LogP contribution is -2.15. The first-order valence-electron chi connectivity index (χ1n) is 1.76. The Kier molecular flexibility index (Phi) is 8.64. The summed E-state index contributed by atoms with van der Waals surface area (Å²) >= 11 is 9.53. The molecule has 1 N–H and O–H groups in total. The molecular formula is C3H5Cl2F3O. The second kappa shape index (κ2) is 6.45. The van der Waals surface area contributed by atoms with Crippen LogP contribution < -0.4 is 0 Å². The third-order valence-electron chi connectivity index (χ3n) is 0.161. The van der Waals surface area contributed by atoms with E-state index in [1.807, 2.05) is 0 Å². The fourth-order valence-electron chi connectivity index (χ4n) is 0. The van der Waals surface area contributed by atoms with Gasteiger partial charge in [-0.1, -0.05) is 0 Å². The minimum Gasteiger partial charge on any atom is -0.334 e. The van der Waals surface area contributed by atoms with Crippen LogP contribution in [0.15, 0.2) is 0 Å². The van der Waals surface area contributed by atoms with Crippen molar-refractivity contribution in [3.63, 3.8) is 0 Å². The second-order valence-electron chi connectivity index (χ2n) is 0.900. The van der Waals surface area contributed by atoms with Crippen molar-refractivity contribution >= 4 is 23.2 Å². The van der Waals surface area contributed by atoms with Crippen LogP contribution in [0.4, 0.5) is 13.2 Å². The summed E-state index contributed by atoms with van der Waals surface area (Å²) < 4.78 is 31.8. The highest BCUT2D eigenvalue weighted by atomic mass is 35.5. The monoisotopic (exact) mass is 184 g/mol. The van der Waals surface area contributed by atoms with Crippen LogP contribution in [0.25, 0.3) is 0 Å². The first kappa shape index (κ1) is 12.0. The minimum absolute atomic E-state index is 0.194. The lowest BCUT2D eigenvalue weighted by Gasteiger charge is -1.97. The van der Waals surface area contributed by atoms with E-state index in [4.69, 9.17) is 28.3 Å². The summed E-state index contributed by atoms with van der Waals surface area (Å²) in [5.74, 6) is 0. The average molecular weight is 185 g/mol. The van der Waals surface area contributed by atoms with Gasteiger partial charge in [-0.25, -0.2) is 4.39 Å². The molecule has 0 aliphatic heterocycles. The van der Waals surface area contributed by atoms with Crippen molar-refractivity contribution in [1.82, 2.24) is 0 Å². The Morgan fingerprint density at radius 3 is 1.44 bits per heavy atom. The zero-order chi connectivity index (χ0) is 7.91. The van der Waals surface area contributed by atoms with Crippen LogP contribution in [0.5, 0.6) is 0 Å². The minimum atomic E-state index is -4.12. The average Bonchev–Trinajstić information content (AvgIpc) is 1.67. The van der Waals surface area contributed by atoms with Crippen molar-refractivity contribution in [3.05, 3.63) is 0 Å². The summed E-state index contributed by atoms with van der Waals surface area (Å²) in [5, 5.41) is 7.31. The van der Waals surface area contributed by atoms with E-state index in [1.54, 1.807) is 0 Å². The summed E-state index contributed by atoms with van der Waals surface area (Å²) in [6.07, 6.45) is -4.12. The van der Waals surface area contributed by atoms with Crippen LogP contribution in [0, 0.1) is 0 Å². The fraction of sp³-hybridized carbons (Fsp3) is 1.00. The van der Waals surface area contributed by atoms with Gasteiger partial charge >= 0.3 is 6.11 Å². The molecular weight excluding hydrogens is 180 g/mol. The summed E-state index contributed by atoms with van der Waals surface area (Å²) in [4.78, 5) is 0. The van der Waals surface area contributed by atoms with Gasteiger partial charge in [-0.3, -0.25) is 0 Å². The maximum Gasteiger partial charge on any atom is 0.381 e. The van der Waals surface area contributed by atoms with Gasteiger partial charge in [0.1, 0.15) is 0 Å². The smallest absolute Gasteiger partial charge is 0.334 e. The van der Waals surface area contributed by atoms with Crippen LogP contribution in [0.2, 0.25) is 0 Å². The molecule has 0 bridgehead atoms. The quantitative estimate of drug-likeness (QED) is 0.619. The third kappa shape index (κ3) is 30.1. The van der Waals surface area contributed by atoms with E-state index in [1.165, 1.54) is 0 Å². The summed E-state index contributed by atoms with van der Waals surface area (Å²) in [6.45, 7) is -2.01. The molecule has 0 fully saturated rings. The van der Waals surface area contributed by atoms with Gasteiger partial charge in [0, 0.05) is 0 Å². The van der Waals surface area contributed by atoms with Gasteiger partial charge in [0.15, 0.2) is 6.67 Å². The van der Waals surface area contributed by atoms with E-state index in [2.05, 4.69) is 0 Å². The largest absolute Gasteiger partial charge is 0.381 e. The molecule has 0 heterocycles. The first-order valence-corrected chi connectivity index (χ1v) is 2.83. The van der Waals surface area contributed by atoms with Crippen molar-refractivity contribution in [2.75, 3.05) is 12.0 Å². The highest BCUT2D eigenvalue weighted by molar-refractivity contribution is 6.40. The number of aliphatic hydroxyl groups is 1. The van der Waals surface area contributed by atoms with Crippen LogP contribution >= 0.6 is 23.2 Å². The number of hydrogen-bond donors (Lipinski definition) is 1. The van der Waals surface area contributed by atoms with Crippen LogP contribution in [-0.2, 0) is 0 Å². The number of alkyl halides is 5. The topological polar surface area (TPSA) is 20.2 Å². The molecule has 6 heteroatoms. The Hall–Kier alpha value is 0.330. The Morgan fingerprint density at radius 1 is 1.33 bits per heavy atom. The molecule has 0 saturated heterocycles. The van der Waals surface area contributed by atoms with Gasteiger partial charge in [0.2, 0.25) is 0 Å². The zero-order valence-corrected chi connectivity index (χ0v) is 5.76. The van der Waals surface area contributed by atoms with Gasteiger partial charge < -0.3 is 5.11 Å². The molecule has 0 saturated carbocycles. The van der Waals surface area contributed by atoms with E-state index in [0.717, 1.165) is 0 Å². The standard InChI is InChI=1S/C2H3F3O.CH2Cl2/c3-1-2(4,5)6;2-1-3/h6H,1H2;1H2. The van der Waals surface area contributed by atoms with Crippen molar-refractivity contribution in [3.8, 4) is 0 Å². The van der Waals surface area contributed by atoms with Gasteiger partial charge in [0.25, 0.3) is 0 Å². The molecule has 0 spiro atoms. The maximum atomic E-state index is 10.6. The predicted molar refractivity (Wildman–Crippen MR) is 29.7 cm³/mol. The molecule has 0 aromatic rings. The van der Waals surface area contributed by atoms with Crippen molar-refractivity contribution in [1.29, 1.82) is 0 Å². The summed E-state index contributed by atoms with van der Waals surface area (Å²) in [6, 6.07) is 0. The maximum absolute atomic E-state index is 10.6. The van der Waals surface area contributed by atoms with Gasteiger partial charge in [-0.15, -0.1) is 23.2 Å². The molecule has 0 radical (unpaired) electrons. The lowest BCUT2D eigenvalue weighted by molar-refractivity contribution is -0.208. The first-order chi connectivity index (χ1) is 3.97. The Balaban J connectivity index is 0. The Labute approximate surface area is 60.4 Å². The fourth-order valence-corrected chi connectivity index (χ4v) is 0. The van der Waals surface area contributed by atoms with Gasteiger partial charge in [-0.2, -0.15) is 8.78 Å². The third-order valence-corrected chi connectivity index (χ3v) is 0.161. The number of rotatable bonds is 1. The van der Waals surface area contributed by atoms with E-state index in [9.17, 15) is 13.2 Å². The van der Waals surface area contributed by atoms with Crippen LogP contribution in [0.1, 0.15) is 0 Å². The lowest BCUT2D eigenvalue weighted by atomic mass is 10.7. The van der Waals surface area contributed by atoms with Gasteiger partial charge in [-0.05, 0) is 0 Å². The summed E-state index contributed by atoms with van der Waals surface area (Å²) in [5.41, 5.74) is 0. The molecule has 0 rings (SSSR count).